The van der Waals surface area contributed by atoms with Crippen molar-refractivity contribution >= 4 is 9.24 Å². The van der Waals surface area contributed by atoms with Crippen molar-refractivity contribution in [3.63, 3.8) is 0 Å². The molecule has 22 heavy (non-hydrogen) atoms. The van der Waals surface area contributed by atoms with Crippen molar-refractivity contribution in [3.05, 3.63) is 12.2 Å². The van der Waals surface area contributed by atoms with Crippen LogP contribution in [0.5, 0.6) is 0 Å². The first-order valence-electron chi connectivity index (χ1n) is 10.3. The van der Waals surface area contributed by atoms with Gasteiger partial charge in [-0.3, -0.25) is 0 Å². The van der Waals surface area contributed by atoms with Crippen LogP contribution >= 0.6 is 9.24 Å². The van der Waals surface area contributed by atoms with E-state index < -0.39 is 0 Å². The molecular weight excluding hydrogens is 283 g/mol. The van der Waals surface area contributed by atoms with Gasteiger partial charge in [0.05, 0.1) is 0 Å². The van der Waals surface area contributed by atoms with E-state index in [0.29, 0.717) is 5.16 Å². The summed E-state index contributed by atoms with van der Waals surface area (Å²) >= 11 is 0. The Morgan fingerprint density at radius 3 is 1.45 bits per heavy atom. The summed E-state index contributed by atoms with van der Waals surface area (Å²) < 4.78 is 0. The van der Waals surface area contributed by atoms with Gasteiger partial charge in [0.1, 0.15) is 0 Å². The lowest BCUT2D eigenvalue weighted by molar-refractivity contribution is 0.207. The molecular formula is C21H37P. The number of rotatable bonds is 4. The van der Waals surface area contributed by atoms with Crippen molar-refractivity contribution in [1.29, 1.82) is 0 Å². The van der Waals surface area contributed by atoms with Gasteiger partial charge in [-0.15, -0.1) is 9.24 Å². The van der Waals surface area contributed by atoms with Crippen molar-refractivity contribution in [2.75, 3.05) is 0 Å². The predicted octanol–water partition coefficient (Wildman–Crippen LogP) is 6.90. The molecule has 0 aromatic rings. The van der Waals surface area contributed by atoms with Gasteiger partial charge in [-0.05, 0) is 56.3 Å². The van der Waals surface area contributed by atoms with E-state index in [0.717, 1.165) is 17.8 Å². The van der Waals surface area contributed by atoms with Crippen LogP contribution in [0, 0.1) is 17.8 Å². The number of hydrogen-bond donors (Lipinski definition) is 0. The summed E-state index contributed by atoms with van der Waals surface area (Å²) in [5.74, 6) is 2.77. The van der Waals surface area contributed by atoms with Gasteiger partial charge in [-0.25, -0.2) is 0 Å². The molecule has 1 atom stereocenters. The van der Waals surface area contributed by atoms with E-state index in [2.05, 4.69) is 21.4 Å². The summed E-state index contributed by atoms with van der Waals surface area (Å²) in [7, 11) is 3.41. The van der Waals surface area contributed by atoms with Crippen LogP contribution in [-0.2, 0) is 0 Å². The van der Waals surface area contributed by atoms with Gasteiger partial charge in [0.2, 0.25) is 0 Å². The molecule has 3 fully saturated rings. The topological polar surface area (TPSA) is 0 Å². The molecule has 0 bridgehead atoms. The van der Waals surface area contributed by atoms with Crippen LogP contribution < -0.4 is 0 Å². The first-order valence-corrected chi connectivity index (χ1v) is 10.8. The predicted molar refractivity (Wildman–Crippen MR) is 101 cm³/mol. The Labute approximate surface area is 141 Å². The van der Waals surface area contributed by atoms with Gasteiger partial charge in [-0.2, -0.15) is 0 Å². The third kappa shape index (κ3) is 4.17. The standard InChI is InChI=1S/C21H37P/c22-21(19-12-6-2-7-13-19,20-14-8-3-9-15-20)17-16-18-10-4-1-5-11-18/h16-20H,1-15,22H2. The summed E-state index contributed by atoms with van der Waals surface area (Å²) in [5.41, 5.74) is 0. The van der Waals surface area contributed by atoms with Gasteiger partial charge < -0.3 is 0 Å². The molecule has 0 N–H and O–H groups in total. The molecule has 0 saturated heterocycles. The largest absolute Gasteiger partial charge is 0.126 e. The maximum absolute atomic E-state index is 3.41. The zero-order valence-corrected chi connectivity index (χ0v) is 15.7. The Bertz CT molecular complexity index is 323. The molecule has 0 heterocycles. The molecule has 3 aliphatic carbocycles. The van der Waals surface area contributed by atoms with Gasteiger partial charge in [-0.1, -0.05) is 69.9 Å². The van der Waals surface area contributed by atoms with Gasteiger partial charge >= 0.3 is 0 Å². The molecule has 3 saturated carbocycles. The second-order valence-corrected chi connectivity index (χ2v) is 9.43. The summed E-state index contributed by atoms with van der Waals surface area (Å²) in [6.45, 7) is 0. The molecule has 3 rings (SSSR count). The minimum absolute atomic E-state index is 0.429. The maximum atomic E-state index is 3.41. The molecule has 0 radical (unpaired) electrons. The minimum Gasteiger partial charge on any atom is -0.126 e. The van der Waals surface area contributed by atoms with Gasteiger partial charge in [0.15, 0.2) is 0 Å². The van der Waals surface area contributed by atoms with E-state index >= 15 is 0 Å². The number of hydrogen-bond acceptors (Lipinski definition) is 0. The molecule has 1 unspecified atom stereocenters. The third-order valence-electron chi connectivity index (χ3n) is 6.93. The van der Waals surface area contributed by atoms with Crippen molar-refractivity contribution in [3.8, 4) is 0 Å². The lowest BCUT2D eigenvalue weighted by atomic mass is 9.68. The quantitative estimate of drug-likeness (QED) is 0.390. The Hall–Kier alpha value is 0.170. The zero-order chi connectivity index (χ0) is 15.3. The monoisotopic (exact) mass is 320 g/mol. The van der Waals surface area contributed by atoms with Crippen LogP contribution in [0.25, 0.3) is 0 Å². The van der Waals surface area contributed by atoms with Crippen molar-refractivity contribution < 1.29 is 0 Å². The molecule has 126 valence electrons. The van der Waals surface area contributed by atoms with Crippen LogP contribution in [0.3, 0.4) is 0 Å². The Balaban J connectivity index is 1.73. The second kappa shape index (κ2) is 8.32. The van der Waals surface area contributed by atoms with E-state index in [-0.39, 0.29) is 0 Å². The van der Waals surface area contributed by atoms with E-state index in [1.807, 2.05) is 0 Å². The van der Waals surface area contributed by atoms with E-state index in [9.17, 15) is 0 Å². The highest BCUT2D eigenvalue weighted by atomic mass is 31.0. The highest BCUT2D eigenvalue weighted by Crippen LogP contribution is 2.49. The zero-order valence-electron chi connectivity index (χ0n) is 14.6. The SMILES string of the molecule is PC(C=CC1CCCCC1)(C1CCCCC1)C1CCCCC1. The van der Waals surface area contributed by atoms with Crippen molar-refractivity contribution in [1.82, 2.24) is 0 Å². The number of allylic oxidation sites excluding steroid dienone is 2. The normalized spacial score (nSPS) is 27.5. The molecule has 1 heteroatoms. The fourth-order valence-corrected chi connectivity index (χ4v) is 6.22. The Morgan fingerprint density at radius 2 is 1.00 bits per heavy atom. The second-order valence-electron chi connectivity index (χ2n) is 8.43. The van der Waals surface area contributed by atoms with Crippen LogP contribution in [0.15, 0.2) is 12.2 Å². The lowest BCUT2D eigenvalue weighted by Crippen LogP contribution is -2.40. The molecule has 0 amide bonds. The fraction of sp³-hybridized carbons (Fsp3) is 0.905. The molecule has 0 nitrogen and oxygen atoms in total. The summed E-state index contributed by atoms with van der Waals surface area (Å²) in [5, 5.41) is 0.429. The third-order valence-corrected chi connectivity index (χ3v) is 8.07. The van der Waals surface area contributed by atoms with E-state index in [4.69, 9.17) is 0 Å². The Morgan fingerprint density at radius 1 is 0.591 bits per heavy atom. The molecule has 0 aromatic heterocycles. The average molecular weight is 321 g/mol. The fourth-order valence-electron chi connectivity index (χ4n) is 5.44. The smallest absolute Gasteiger partial charge is 0.00832 e. The first kappa shape index (κ1) is 17.0. The summed E-state index contributed by atoms with van der Waals surface area (Å²) in [4.78, 5) is 0. The van der Waals surface area contributed by atoms with Crippen LogP contribution in [0.2, 0.25) is 0 Å². The van der Waals surface area contributed by atoms with Crippen LogP contribution in [0.4, 0.5) is 0 Å². The summed E-state index contributed by atoms with van der Waals surface area (Å²) in [6.07, 6.45) is 27.5. The maximum Gasteiger partial charge on any atom is 0.00832 e. The summed E-state index contributed by atoms with van der Waals surface area (Å²) in [6, 6.07) is 0. The minimum atomic E-state index is 0.429. The average Bonchev–Trinajstić information content (AvgIpc) is 2.62. The van der Waals surface area contributed by atoms with Crippen LogP contribution in [0.1, 0.15) is 96.3 Å². The van der Waals surface area contributed by atoms with Gasteiger partial charge in [0.25, 0.3) is 0 Å². The Kier molecular flexibility index (Phi) is 6.43. The molecule has 0 spiro atoms. The highest BCUT2D eigenvalue weighted by molar-refractivity contribution is 7.19. The van der Waals surface area contributed by atoms with Crippen molar-refractivity contribution in [2.45, 2.75) is 101 Å². The van der Waals surface area contributed by atoms with E-state index in [1.165, 1.54) is 96.3 Å². The molecule has 0 aliphatic heterocycles. The molecule has 0 aromatic carbocycles. The first-order chi connectivity index (χ1) is 10.8. The van der Waals surface area contributed by atoms with E-state index in [1.54, 1.807) is 0 Å². The lowest BCUT2D eigenvalue weighted by Gasteiger charge is -2.45. The molecule has 3 aliphatic rings. The van der Waals surface area contributed by atoms with Crippen molar-refractivity contribution in [2.24, 2.45) is 17.8 Å². The van der Waals surface area contributed by atoms with Crippen LogP contribution in [-0.4, -0.2) is 5.16 Å². The highest BCUT2D eigenvalue weighted by Gasteiger charge is 2.40. The van der Waals surface area contributed by atoms with Gasteiger partial charge in [0, 0.05) is 5.16 Å².